The van der Waals surface area contributed by atoms with Crippen molar-refractivity contribution in [3.63, 3.8) is 0 Å². The second kappa shape index (κ2) is 40.8. The van der Waals surface area contributed by atoms with E-state index in [0.717, 1.165) is 73.1 Å². The van der Waals surface area contributed by atoms with E-state index in [1.54, 1.807) is 40.0 Å². The van der Waals surface area contributed by atoms with Crippen molar-refractivity contribution in [1.82, 2.24) is 57.2 Å². The maximum atomic E-state index is 15.1. The molecule has 9 amide bonds. The van der Waals surface area contributed by atoms with E-state index in [1.807, 2.05) is 24.3 Å². The Bertz CT molecular complexity index is 3490. The average Bonchev–Trinajstić information content (AvgIpc) is 1.67. The molecule has 0 unspecified atom stereocenters. The molecule has 3 aliphatic rings. The van der Waals surface area contributed by atoms with Gasteiger partial charge < -0.3 is 106 Å². The Balaban J connectivity index is 0.0000167. The molecule has 1 aromatic heterocycles. The van der Waals surface area contributed by atoms with Crippen LogP contribution in [0.1, 0.15) is 108 Å². The summed E-state index contributed by atoms with van der Waals surface area (Å²) in [6.07, 6.45) is -9.05. The van der Waals surface area contributed by atoms with Gasteiger partial charge >= 0.3 is 35.7 Å². The normalized spacial score (nSPS) is 23.2. The monoisotopic (exact) mass is 1490 g/mol. The molecule has 37 heteroatoms. The molecule has 34 nitrogen and oxygen atoms in total. The second-order valence-electron chi connectivity index (χ2n) is 26.0. The number of aromatic nitrogens is 2. The number of ether oxygens (including phenoxy) is 3. The zero-order valence-electron chi connectivity index (χ0n) is 58.1. The van der Waals surface area contributed by atoms with Crippen LogP contribution in [-0.4, -0.2) is 241 Å². The molecule has 103 heavy (non-hydrogen) atoms. The van der Waals surface area contributed by atoms with Crippen molar-refractivity contribution in [2.45, 2.75) is 177 Å². The number of benzene rings is 3. The van der Waals surface area contributed by atoms with Gasteiger partial charge in [-0.1, -0.05) is 55.7 Å². The van der Waals surface area contributed by atoms with Crippen LogP contribution < -0.4 is 81.0 Å². The first kappa shape index (κ1) is 84.5. The molecule has 0 saturated carbocycles. The molecule has 0 radical (unpaired) electrons. The topological polar surface area (TPSA) is 490 Å². The third kappa shape index (κ3) is 25.1. The van der Waals surface area contributed by atoms with Gasteiger partial charge in [-0.3, -0.25) is 43.4 Å². The first-order valence-electron chi connectivity index (χ1n) is 33.3. The van der Waals surface area contributed by atoms with Crippen molar-refractivity contribution in [3.05, 3.63) is 77.9 Å². The van der Waals surface area contributed by atoms with Crippen LogP contribution in [0.3, 0.4) is 0 Å². The van der Waals surface area contributed by atoms with E-state index in [9.17, 15) is 79.4 Å². The Morgan fingerprint density at radius 3 is 2.03 bits per heavy atom. The quantitative estimate of drug-likeness (QED) is 0.00849. The van der Waals surface area contributed by atoms with Gasteiger partial charge in [0.1, 0.15) is 57.6 Å². The number of aromatic hydroxyl groups is 1. The van der Waals surface area contributed by atoms with Crippen LogP contribution >= 0.6 is 23.7 Å². The molecule has 0 spiro atoms. The summed E-state index contributed by atoms with van der Waals surface area (Å²) in [5.74, 6) is -9.89. The molecule has 560 valence electrons. The van der Waals surface area contributed by atoms with Crippen LogP contribution in [0.25, 0.3) is 21.1 Å². The fourth-order valence-corrected chi connectivity index (χ4v) is 12.6. The number of hydrogen-bond acceptors (Lipinski definition) is 27. The molecule has 3 fully saturated rings. The molecule has 3 aliphatic heterocycles. The predicted octanol–water partition coefficient (Wildman–Crippen LogP) is -3.91. The van der Waals surface area contributed by atoms with Crippen LogP contribution in [0, 0.1) is 5.92 Å². The van der Waals surface area contributed by atoms with Gasteiger partial charge in [0.05, 0.1) is 43.2 Å². The minimum Gasteiger partial charge on any atom is -0.691 e. The fraction of sp³-hybridized carbons (Fsp3) is 0.561. The van der Waals surface area contributed by atoms with Gasteiger partial charge in [-0.15, -0.1) is 14.5 Å². The SMILES string of the molecule is COCCCCCCCOc1ccc(-c2nnc(-c3ccc(C(=O)N[C@H]4C[C@H](O)CNC(=O)[C@@H]5[C@@H](O)[C@H](C)CN5C(=O)[C@H]([C@H](O)CCNC(=O)CCNC(=O)OC(C)(C)C)NC(=O)[C@H]([C@H](O)Cc5ccc(O)c(OSOO[O-])c5)NC(=O)[C@@H]5C[C@H](O)CN5C(=O)[C@H]([C@H](C)O)NC4=O)cc3)s2)cc1.[Na+]. The van der Waals surface area contributed by atoms with Gasteiger partial charge in [0.2, 0.25) is 41.4 Å². The summed E-state index contributed by atoms with van der Waals surface area (Å²) in [6, 6.07) is 5.25. The minimum absolute atomic E-state index is 0. The van der Waals surface area contributed by atoms with E-state index in [4.69, 9.17) is 18.4 Å². The Morgan fingerprint density at radius 2 is 1.38 bits per heavy atom. The number of aliphatic hydroxyl groups excluding tert-OH is 6. The van der Waals surface area contributed by atoms with Crippen LogP contribution in [0.15, 0.2) is 66.7 Å². The number of phenols is 1. The third-order valence-corrected chi connectivity index (χ3v) is 18.2. The summed E-state index contributed by atoms with van der Waals surface area (Å²) in [5, 5.41) is 121. The summed E-state index contributed by atoms with van der Waals surface area (Å²) < 4.78 is 25.5. The molecule has 3 saturated heterocycles. The smallest absolute Gasteiger partial charge is 0.691 e. The van der Waals surface area contributed by atoms with E-state index in [-0.39, 0.29) is 71.7 Å². The van der Waals surface area contributed by atoms with E-state index in [1.165, 1.54) is 36.5 Å². The molecule has 7 rings (SSSR count). The first-order chi connectivity index (χ1) is 48.5. The van der Waals surface area contributed by atoms with Crippen molar-refractivity contribution in [3.8, 4) is 38.4 Å². The van der Waals surface area contributed by atoms with Gasteiger partial charge in [0.15, 0.2) is 11.5 Å². The molecule has 3 aromatic carbocycles. The van der Waals surface area contributed by atoms with Crippen LogP contribution in [0.2, 0.25) is 0 Å². The van der Waals surface area contributed by atoms with Gasteiger partial charge in [-0.05, 0) is 101 Å². The molecule has 4 heterocycles. The fourth-order valence-electron chi connectivity index (χ4n) is 11.5. The van der Waals surface area contributed by atoms with E-state index in [2.05, 4.69) is 56.8 Å². The van der Waals surface area contributed by atoms with E-state index >= 15 is 4.79 Å². The van der Waals surface area contributed by atoms with Crippen molar-refractivity contribution in [1.29, 1.82) is 0 Å². The third-order valence-electron chi connectivity index (χ3n) is 16.9. The molecular formula is C66H90N11NaO23S2. The Hall–Kier alpha value is -7.40. The number of carbonyl (C=O) groups excluding carboxylic acids is 9. The molecule has 0 aliphatic carbocycles. The number of hydrogen-bond donors (Lipinski definition) is 14. The molecule has 14 N–H and O–H groups in total. The van der Waals surface area contributed by atoms with Crippen molar-refractivity contribution in [2.24, 2.45) is 5.92 Å². The van der Waals surface area contributed by atoms with Crippen LogP contribution in [0.5, 0.6) is 17.2 Å². The summed E-state index contributed by atoms with van der Waals surface area (Å²) in [7, 11) is 1.69. The number of aliphatic hydroxyl groups is 6. The standard InChI is InChI=1S/C66H91N11O23S2.Na/c1-35-33-77-54(55(35)85)60(90)69-32-41(79)30-44(70-56(86)38-13-15-39(16-14-38)61-74-75-62(101-61)40-17-19-43(20-18-40)96-27-11-9-7-8-10-26-95-6)57(87)71-51(36(2)78)63(91)76-34-42(80)31-45(76)58(88)72-52(48(83)28-37-12-21-46(81)49(29-37)98-102-100-99-94)59(89)73-53(64(77)92)47(82)22-24-67-50(84)23-25-68-65(93)97-66(3,4)5;/h12-21,29,35-36,41-42,44-45,47-48,51-55,78-83,85,94H,7-11,22-28,30-34H2,1-6H3,(H,67,84)(H,68,93)(H,69,90)(H,70,86)(H,71,87)(H,72,88)(H,73,89);/q;+1/p-1/t35-,36+,41+,42+,44+,45+,47-,48-,51+,52+,53+,54+,55+;/m1./s1. The number of nitrogens with one attached hydrogen (secondary N) is 7. The number of methoxy groups -OCH3 is 1. The maximum Gasteiger partial charge on any atom is 1.00 e. The number of unbranched alkanes of at least 4 members (excludes halogenated alkanes) is 4. The molecule has 4 aromatic rings. The summed E-state index contributed by atoms with van der Waals surface area (Å²) in [6.45, 7) is 6.52. The number of carbonyl (C=O) groups is 9. The summed E-state index contributed by atoms with van der Waals surface area (Å²) in [5.41, 5.74) is 0.580. The van der Waals surface area contributed by atoms with Crippen molar-refractivity contribution in [2.75, 3.05) is 53.0 Å². The second-order valence-corrected chi connectivity index (χ2v) is 27.4. The minimum atomic E-state index is -2.21. The Kier molecular flexibility index (Phi) is 33.5. The predicted molar refractivity (Wildman–Crippen MR) is 361 cm³/mol. The summed E-state index contributed by atoms with van der Waals surface area (Å²) in [4.78, 5) is 130. The summed E-state index contributed by atoms with van der Waals surface area (Å²) >= 11 is 1.28. The largest absolute Gasteiger partial charge is 1.00 e. The van der Waals surface area contributed by atoms with E-state index < -0.39 is 195 Å². The average molecular weight is 1490 g/mol. The Morgan fingerprint density at radius 1 is 0.748 bits per heavy atom. The van der Waals surface area contributed by atoms with Crippen molar-refractivity contribution < 1.29 is 141 Å². The van der Waals surface area contributed by atoms with Gasteiger partial charge in [-0.2, -0.15) is 0 Å². The zero-order chi connectivity index (χ0) is 74.4. The zero-order valence-corrected chi connectivity index (χ0v) is 61.8. The van der Waals surface area contributed by atoms with Gasteiger partial charge in [-0.25, -0.2) is 4.79 Å². The number of alkyl carbamates (subject to hydrolysis) is 1. The Labute approximate surface area is 624 Å². The molecule has 13 atom stereocenters. The van der Waals surface area contributed by atoms with Crippen molar-refractivity contribution >= 4 is 77.0 Å². The maximum absolute atomic E-state index is 15.1. The van der Waals surface area contributed by atoms with Crippen LogP contribution in [0.4, 0.5) is 4.79 Å². The van der Waals surface area contributed by atoms with Crippen LogP contribution in [-0.2, 0) is 58.8 Å². The number of rotatable bonds is 28. The van der Waals surface area contributed by atoms with E-state index in [0.29, 0.717) is 27.9 Å². The number of nitrogens with zero attached hydrogens (tertiary/aromatic N) is 4. The number of amides is 9. The number of fused-ring (bicyclic) bond motifs is 2. The number of phenolic OH excluding ortho intramolecular Hbond substituents is 1. The number of β-amino-alcohol motifs (C(OH)–C–C–N with tert-alkyl or cyclic N) is 1. The van der Waals surface area contributed by atoms with Gasteiger partial charge in [0.25, 0.3) is 18.2 Å². The molecule has 0 bridgehead atoms. The van der Waals surface area contributed by atoms with Gasteiger partial charge in [0, 0.05) is 94.7 Å². The molecular weight excluding hydrogens is 1400 g/mol. The first-order valence-corrected chi connectivity index (χ1v) is 34.7.